The number of nitrogen functional groups attached to an aromatic ring is 2. The maximum Gasteiger partial charge on any atom is 0.169 e. The Morgan fingerprint density at radius 1 is 1.50 bits per heavy atom. The molecule has 0 radical (unpaired) electrons. The van der Waals surface area contributed by atoms with E-state index in [4.69, 9.17) is 16.6 Å². The van der Waals surface area contributed by atoms with E-state index in [0.717, 1.165) is 12.1 Å². The number of aliphatic hydroxyl groups excluding tert-OH is 1. The van der Waals surface area contributed by atoms with Gasteiger partial charge in [-0.25, -0.2) is 0 Å². The predicted molar refractivity (Wildman–Crippen MR) is 55.5 cm³/mol. The number of hydrogen-bond donors (Lipinski definition) is 4. The summed E-state index contributed by atoms with van der Waals surface area (Å²) in [4.78, 5) is 0. The molecule has 0 atom stereocenters. The van der Waals surface area contributed by atoms with Gasteiger partial charge in [-0.05, 0) is 6.42 Å². The van der Waals surface area contributed by atoms with Crippen LogP contribution in [-0.4, -0.2) is 28.0 Å². The third kappa shape index (κ3) is 2.15. The minimum absolute atomic E-state index is 0.105. The lowest BCUT2D eigenvalue weighted by atomic mass is 10.3. The number of nitrogens with one attached hydrogen (secondary N) is 1. The monoisotopic (exact) mass is 199 g/mol. The first-order chi connectivity index (χ1) is 6.70. The van der Waals surface area contributed by atoms with Crippen molar-refractivity contribution >= 4 is 11.5 Å². The van der Waals surface area contributed by atoms with E-state index >= 15 is 0 Å². The van der Waals surface area contributed by atoms with Gasteiger partial charge >= 0.3 is 0 Å². The van der Waals surface area contributed by atoms with Crippen LogP contribution in [0.3, 0.4) is 0 Å². The van der Waals surface area contributed by atoms with Crippen LogP contribution in [0.4, 0.5) is 11.5 Å². The van der Waals surface area contributed by atoms with Gasteiger partial charge in [-0.3, -0.25) is 10.00 Å². The molecule has 6 nitrogen and oxygen atoms in total. The Labute approximate surface area is 82.9 Å². The first kappa shape index (κ1) is 10.8. The highest BCUT2D eigenvalue weighted by Gasteiger charge is 2.10. The molecular formula is C8H17N5O. The molecule has 0 aliphatic rings. The van der Waals surface area contributed by atoms with Crippen LogP contribution in [0.25, 0.3) is 0 Å². The van der Waals surface area contributed by atoms with E-state index in [1.54, 1.807) is 4.68 Å². The molecule has 1 aromatic heterocycles. The number of nitrogens with zero attached hydrogens (tertiary/aromatic N) is 2. The minimum atomic E-state index is 0.105. The molecule has 1 rings (SSSR count). The Balaban J connectivity index is 2.70. The highest BCUT2D eigenvalue weighted by atomic mass is 16.3. The van der Waals surface area contributed by atoms with Gasteiger partial charge in [0.1, 0.15) is 0 Å². The van der Waals surface area contributed by atoms with E-state index < -0.39 is 0 Å². The van der Waals surface area contributed by atoms with Crippen molar-refractivity contribution in [1.82, 2.24) is 15.1 Å². The lowest BCUT2D eigenvalue weighted by molar-refractivity contribution is 0.285. The molecule has 0 saturated carbocycles. The largest absolute Gasteiger partial charge is 0.395 e. The lowest BCUT2D eigenvalue weighted by Gasteiger charge is -2.06. The summed E-state index contributed by atoms with van der Waals surface area (Å²) in [6, 6.07) is 0. The SMILES string of the molecule is CCc1c(N)c(N)nn1CNCCO. The van der Waals surface area contributed by atoms with Gasteiger partial charge in [0.05, 0.1) is 24.7 Å². The van der Waals surface area contributed by atoms with E-state index in [1.807, 2.05) is 6.92 Å². The van der Waals surface area contributed by atoms with Crippen molar-refractivity contribution in [3.8, 4) is 0 Å². The lowest BCUT2D eigenvalue weighted by Crippen LogP contribution is -2.23. The molecule has 14 heavy (non-hydrogen) atoms. The Hall–Kier alpha value is -1.27. The van der Waals surface area contributed by atoms with Gasteiger partial charge in [0.25, 0.3) is 0 Å². The number of aromatic nitrogens is 2. The fourth-order valence-corrected chi connectivity index (χ4v) is 1.30. The molecule has 0 aliphatic heterocycles. The van der Waals surface area contributed by atoms with Gasteiger partial charge in [0.2, 0.25) is 0 Å². The summed E-state index contributed by atoms with van der Waals surface area (Å²) < 4.78 is 1.72. The van der Waals surface area contributed by atoms with Gasteiger partial charge in [0.15, 0.2) is 5.82 Å². The van der Waals surface area contributed by atoms with Crippen molar-refractivity contribution in [1.29, 1.82) is 0 Å². The van der Waals surface area contributed by atoms with Gasteiger partial charge < -0.3 is 16.6 Å². The number of nitrogens with two attached hydrogens (primary N) is 2. The molecule has 0 amide bonds. The third-order valence-corrected chi connectivity index (χ3v) is 2.01. The highest BCUT2D eigenvalue weighted by Crippen LogP contribution is 2.18. The topological polar surface area (TPSA) is 102 Å². The molecule has 0 saturated heterocycles. The summed E-state index contributed by atoms with van der Waals surface area (Å²) in [5.41, 5.74) is 12.8. The van der Waals surface area contributed by atoms with Crippen LogP contribution >= 0.6 is 0 Å². The molecule has 0 aliphatic carbocycles. The van der Waals surface area contributed by atoms with Crippen LogP contribution in [0.2, 0.25) is 0 Å². The second-order valence-corrected chi connectivity index (χ2v) is 2.98. The molecule has 0 spiro atoms. The Morgan fingerprint density at radius 2 is 2.21 bits per heavy atom. The van der Waals surface area contributed by atoms with E-state index in [1.165, 1.54) is 0 Å². The van der Waals surface area contributed by atoms with E-state index in [0.29, 0.717) is 24.7 Å². The number of aliphatic hydroxyl groups is 1. The second kappa shape index (κ2) is 4.83. The summed E-state index contributed by atoms with van der Waals surface area (Å²) in [7, 11) is 0. The average Bonchev–Trinajstić information content (AvgIpc) is 2.43. The minimum Gasteiger partial charge on any atom is -0.395 e. The van der Waals surface area contributed by atoms with Crippen molar-refractivity contribution in [3.63, 3.8) is 0 Å². The molecule has 1 heterocycles. The fourth-order valence-electron chi connectivity index (χ4n) is 1.30. The maximum atomic E-state index is 8.59. The van der Waals surface area contributed by atoms with Crippen molar-refractivity contribution < 1.29 is 5.11 Å². The summed E-state index contributed by atoms with van der Waals surface area (Å²) in [6.07, 6.45) is 0.789. The Morgan fingerprint density at radius 3 is 2.79 bits per heavy atom. The number of anilines is 2. The summed E-state index contributed by atoms with van der Waals surface area (Å²) in [5, 5.41) is 15.7. The van der Waals surface area contributed by atoms with Gasteiger partial charge in [-0.1, -0.05) is 6.92 Å². The molecule has 0 aromatic carbocycles. The van der Waals surface area contributed by atoms with Crippen molar-refractivity contribution in [3.05, 3.63) is 5.69 Å². The van der Waals surface area contributed by atoms with E-state index in [9.17, 15) is 0 Å². The van der Waals surface area contributed by atoms with Gasteiger partial charge in [0, 0.05) is 6.54 Å². The number of rotatable bonds is 5. The van der Waals surface area contributed by atoms with Crippen molar-refractivity contribution in [2.75, 3.05) is 24.6 Å². The molecule has 80 valence electrons. The van der Waals surface area contributed by atoms with Crippen molar-refractivity contribution in [2.24, 2.45) is 0 Å². The molecule has 6 N–H and O–H groups in total. The molecule has 0 unspecified atom stereocenters. The zero-order valence-electron chi connectivity index (χ0n) is 8.32. The average molecular weight is 199 g/mol. The Bertz CT molecular complexity index is 296. The normalized spacial score (nSPS) is 10.7. The Kier molecular flexibility index (Phi) is 3.73. The summed E-state index contributed by atoms with van der Waals surface area (Å²) in [6.45, 7) is 3.15. The quantitative estimate of drug-likeness (QED) is 0.463. The molecular weight excluding hydrogens is 182 g/mol. The smallest absolute Gasteiger partial charge is 0.169 e. The first-order valence-corrected chi connectivity index (χ1v) is 4.62. The molecule has 1 aromatic rings. The summed E-state index contributed by atoms with van der Waals surface area (Å²) >= 11 is 0. The standard InChI is InChI=1S/C8H17N5O/c1-2-6-7(9)8(10)12-13(6)5-11-3-4-14/h11,14H,2-5,9H2,1H3,(H2,10,12). The fraction of sp³-hybridized carbons (Fsp3) is 0.625. The van der Waals surface area contributed by atoms with Crippen LogP contribution in [0.5, 0.6) is 0 Å². The molecule has 6 heteroatoms. The zero-order chi connectivity index (χ0) is 10.6. The molecule has 0 fully saturated rings. The maximum absolute atomic E-state index is 8.59. The van der Waals surface area contributed by atoms with Crippen LogP contribution in [0.15, 0.2) is 0 Å². The summed E-state index contributed by atoms with van der Waals surface area (Å²) in [5.74, 6) is 0.368. The number of hydrogen-bond acceptors (Lipinski definition) is 5. The van der Waals surface area contributed by atoms with Gasteiger partial charge in [-0.2, -0.15) is 5.10 Å². The predicted octanol–water partition coefficient (Wildman–Crippen LogP) is -0.851. The van der Waals surface area contributed by atoms with Gasteiger partial charge in [-0.15, -0.1) is 0 Å². The van der Waals surface area contributed by atoms with E-state index in [-0.39, 0.29) is 6.61 Å². The second-order valence-electron chi connectivity index (χ2n) is 2.98. The van der Waals surface area contributed by atoms with E-state index in [2.05, 4.69) is 10.4 Å². The zero-order valence-corrected chi connectivity index (χ0v) is 8.32. The first-order valence-electron chi connectivity index (χ1n) is 4.62. The molecule has 0 bridgehead atoms. The van der Waals surface area contributed by atoms with Crippen LogP contribution < -0.4 is 16.8 Å². The van der Waals surface area contributed by atoms with Crippen LogP contribution in [0.1, 0.15) is 12.6 Å². The van der Waals surface area contributed by atoms with Crippen molar-refractivity contribution in [2.45, 2.75) is 20.0 Å². The highest BCUT2D eigenvalue weighted by molar-refractivity contribution is 5.61. The van der Waals surface area contributed by atoms with Crippen LogP contribution in [0, 0.1) is 0 Å². The third-order valence-electron chi connectivity index (χ3n) is 2.01. The van der Waals surface area contributed by atoms with Crippen LogP contribution in [-0.2, 0) is 13.1 Å².